The fraction of sp³-hybridized carbons (Fsp3) is 0. The van der Waals surface area contributed by atoms with E-state index in [9.17, 15) is 0 Å². The molecule has 0 aliphatic carbocycles. The molecule has 0 aliphatic heterocycles. The van der Waals surface area contributed by atoms with Gasteiger partial charge in [-0.1, -0.05) is 164 Å². The summed E-state index contributed by atoms with van der Waals surface area (Å²) in [4.78, 5) is 37.7. The number of rotatable bonds is 8. The molecule has 8 heteroatoms. The summed E-state index contributed by atoms with van der Waals surface area (Å²) in [7, 11) is 0. The van der Waals surface area contributed by atoms with Crippen molar-refractivity contribution in [3.8, 4) is 84.9 Å². The van der Waals surface area contributed by atoms with Crippen LogP contribution in [0.5, 0.6) is 0 Å². The zero-order valence-electron chi connectivity index (χ0n) is 43.5. The maximum Gasteiger partial charge on any atom is 0.160 e. The molecule has 0 N–H and O–H groups in total. The van der Waals surface area contributed by atoms with Gasteiger partial charge in [0.15, 0.2) is 11.6 Å². The number of aromatic nitrogens is 8. The summed E-state index contributed by atoms with van der Waals surface area (Å²) in [6, 6.07) is 89.2. The number of hydrogen-bond acceptors (Lipinski definition) is 7. The van der Waals surface area contributed by atoms with E-state index in [2.05, 4.69) is 241 Å². The minimum atomic E-state index is 0.541. The van der Waals surface area contributed by atoms with Crippen LogP contribution in [-0.4, -0.2) is 39.5 Å². The Morgan fingerprint density at radius 1 is 0.247 bits per heavy atom. The first-order chi connectivity index (χ1) is 40.1. The Labute approximate surface area is 465 Å². The van der Waals surface area contributed by atoms with Crippen LogP contribution in [0.2, 0.25) is 0 Å². The summed E-state index contributed by atoms with van der Waals surface area (Å²) in [5.74, 6) is 1.79. The Hall–Kier alpha value is -11.1. The van der Waals surface area contributed by atoms with Gasteiger partial charge in [-0.3, -0.25) is 14.5 Å². The molecule has 16 rings (SSSR count). The van der Waals surface area contributed by atoms with Crippen LogP contribution in [0.1, 0.15) is 0 Å². The molecule has 16 aromatic rings. The van der Waals surface area contributed by atoms with E-state index in [1.807, 2.05) is 30.6 Å². The van der Waals surface area contributed by atoms with Gasteiger partial charge in [0.25, 0.3) is 0 Å². The highest BCUT2D eigenvalue weighted by Crippen LogP contribution is 2.41. The average molecular weight is 1030 g/mol. The highest BCUT2D eigenvalue weighted by molar-refractivity contribution is 6.22. The van der Waals surface area contributed by atoms with E-state index < -0.39 is 0 Å². The van der Waals surface area contributed by atoms with Crippen LogP contribution in [0.4, 0.5) is 0 Å². The smallest absolute Gasteiger partial charge is 0.160 e. The number of imidazole rings is 1. The largest absolute Gasteiger partial charge is 0.292 e. The van der Waals surface area contributed by atoms with Crippen LogP contribution in [0.15, 0.2) is 267 Å². The standard InChI is InChI=1S/C73H44N8/c1-2-22-60(23-3-1)81-70-62-25-13-35-75-68(62)67-61(24-12-34-74-67)69(70)80-73(81)59-41-57(71-76-63(53-30-26-45-14-4-8-18-49(45)36-53)43-64(77-71)54-31-27-46-15-5-9-19-50(46)37-54)40-58(42-59)72-78-65(55-32-28-47-16-6-10-20-51(47)38-55)44-66(79-72)56-33-29-48-17-7-11-21-52(48)39-56/h1-44H. The topological polar surface area (TPSA) is 95.2 Å². The lowest BCUT2D eigenvalue weighted by Crippen LogP contribution is -2.01. The second-order valence-electron chi connectivity index (χ2n) is 20.6. The maximum atomic E-state index is 5.70. The molecule has 8 nitrogen and oxygen atoms in total. The van der Waals surface area contributed by atoms with Crippen LogP contribution < -0.4 is 0 Å². The molecule has 0 aliphatic rings. The molecule has 5 aromatic heterocycles. The highest BCUT2D eigenvalue weighted by atomic mass is 15.1. The highest BCUT2D eigenvalue weighted by Gasteiger charge is 2.24. The van der Waals surface area contributed by atoms with Crippen LogP contribution in [0.3, 0.4) is 0 Å². The third kappa shape index (κ3) is 8.12. The molecule has 81 heavy (non-hydrogen) atoms. The predicted molar refractivity (Wildman–Crippen MR) is 331 cm³/mol. The zero-order valence-corrected chi connectivity index (χ0v) is 43.5. The van der Waals surface area contributed by atoms with Gasteiger partial charge in [-0.15, -0.1) is 0 Å². The summed E-state index contributed by atoms with van der Waals surface area (Å²) in [5.41, 5.74) is 13.7. The average Bonchev–Trinajstić information content (AvgIpc) is 4.21. The molecular weight excluding hydrogens is 989 g/mol. The van der Waals surface area contributed by atoms with Crippen molar-refractivity contribution in [1.82, 2.24) is 39.5 Å². The lowest BCUT2D eigenvalue weighted by Gasteiger charge is -2.15. The number of pyridine rings is 2. The van der Waals surface area contributed by atoms with E-state index in [0.717, 1.165) is 143 Å². The molecule has 0 unspecified atom stereocenters. The SMILES string of the molecule is c1ccc(-n2c(-c3cc(-c4nc(-c5ccc6ccccc6c5)cc(-c5ccc6ccccc6c5)n4)cc(-c4nc(-c5ccc6ccccc6c5)cc(-c5ccc6ccccc6c5)n4)c3)nc3c4cccnc4c4ncccc4c32)cc1. The summed E-state index contributed by atoms with van der Waals surface area (Å²) in [6.07, 6.45) is 3.65. The molecule has 11 aromatic carbocycles. The monoisotopic (exact) mass is 1030 g/mol. The minimum Gasteiger partial charge on any atom is -0.292 e. The second-order valence-corrected chi connectivity index (χ2v) is 20.6. The van der Waals surface area contributed by atoms with Crippen molar-refractivity contribution < 1.29 is 0 Å². The fourth-order valence-electron chi connectivity index (χ4n) is 11.6. The maximum absolute atomic E-state index is 5.70. The van der Waals surface area contributed by atoms with E-state index in [0.29, 0.717) is 17.5 Å². The van der Waals surface area contributed by atoms with Crippen LogP contribution in [0, 0.1) is 0 Å². The van der Waals surface area contributed by atoms with E-state index in [1.165, 1.54) is 0 Å². The summed E-state index contributed by atoms with van der Waals surface area (Å²) in [6.45, 7) is 0. The molecule has 0 saturated carbocycles. The van der Waals surface area contributed by atoms with Crippen molar-refractivity contribution in [2.45, 2.75) is 0 Å². The molecule has 376 valence electrons. The molecule has 0 bridgehead atoms. The Morgan fingerprint density at radius 3 is 1.05 bits per heavy atom. The molecule has 0 spiro atoms. The van der Waals surface area contributed by atoms with Crippen LogP contribution in [-0.2, 0) is 0 Å². The van der Waals surface area contributed by atoms with Crippen molar-refractivity contribution >= 4 is 75.9 Å². The predicted octanol–water partition coefficient (Wildman–Crippen LogP) is 18.0. The normalized spacial score (nSPS) is 11.7. The first-order valence-corrected chi connectivity index (χ1v) is 27.1. The second kappa shape index (κ2) is 18.8. The first kappa shape index (κ1) is 46.0. The minimum absolute atomic E-state index is 0.541. The molecule has 0 saturated heterocycles. The molecule has 5 heterocycles. The van der Waals surface area contributed by atoms with Crippen molar-refractivity contribution in [1.29, 1.82) is 0 Å². The lowest BCUT2D eigenvalue weighted by molar-refractivity contribution is 1.10. The lowest BCUT2D eigenvalue weighted by atomic mass is 9.99. The van der Waals surface area contributed by atoms with Gasteiger partial charge < -0.3 is 0 Å². The number of hydrogen-bond donors (Lipinski definition) is 0. The van der Waals surface area contributed by atoms with Gasteiger partial charge in [-0.05, 0) is 134 Å². The summed E-state index contributed by atoms with van der Waals surface area (Å²) in [5, 5.41) is 11.0. The molecule has 0 amide bonds. The van der Waals surface area contributed by atoms with Gasteiger partial charge in [0.1, 0.15) is 5.82 Å². The van der Waals surface area contributed by atoms with Crippen LogP contribution in [0.25, 0.3) is 161 Å². The first-order valence-electron chi connectivity index (χ1n) is 27.1. The van der Waals surface area contributed by atoms with E-state index in [-0.39, 0.29) is 0 Å². The Bertz CT molecular complexity index is 4780. The van der Waals surface area contributed by atoms with Gasteiger partial charge in [0.2, 0.25) is 0 Å². The Kier molecular flexibility index (Phi) is 10.7. The van der Waals surface area contributed by atoms with Crippen molar-refractivity contribution in [2.24, 2.45) is 0 Å². The third-order valence-corrected chi connectivity index (χ3v) is 15.6. The zero-order chi connectivity index (χ0) is 53.4. The summed E-state index contributed by atoms with van der Waals surface area (Å²) >= 11 is 0. The number of fused-ring (bicyclic) bond motifs is 10. The fourth-order valence-corrected chi connectivity index (χ4v) is 11.6. The van der Waals surface area contributed by atoms with Gasteiger partial charge >= 0.3 is 0 Å². The van der Waals surface area contributed by atoms with Gasteiger partial charge in [-0.2, -0.15) is 0 Å². The molecule has 0 atom stereocenters. The number of benzene rings is 11. The number of nitrogens with zero attached hydrogens (tertiary/aromatic N) is 8. The van der Waals surface area contributed by atoms with Gasteiger partial charge in [-0.25, -0.2) is 24.9 Å². The Balaban J connectivity index is 1.000. The van der Waals surface area contributed by atoms with E-state index >= 15 is 0 Å². The molecular formula is C73H44N8. The number of para-hydroxylation sites is 1. The summed E-state index contributed by atoms with van der Waals surface area (Å²) < 4.78 is 2.26. The van der Waals surface area contributed by atoms with Crippen molar-refractivity contribution in [3.63, 3.8) is 0 Å². The van der Waals surface area contributed by atoms with Crippen LogP contribution >= 0.6 is 0 Å². The van der Waals surface area contributed by atoms with E-state index in [4.69, 9.17) is 34.9 Å². The van der Waals surface area contributed by atoms with Gasteiger partial charge in [0, 0.05) is 67.8 Å². The molecule has 0 radical (unpaired) electrons. The third-order valence-electron chi connectivity index (χ3n) is 15.6. The van der Waals surface area contributed by atoms with Gasteiger partial charge in [0.05, 0.1) is 44.8 Å². The van der Waals surface area contributed by atoms with E-state index in [1.54, 1.807) is 0 Å². The van der Waals surface area contributed by atoms with Crippen molar-refractivity contribution in [3.05, 3.63) is 267 Å². The van der Waals surface area contributed by atoms with Crippen molar-refractivity contribution in [2.75, 3.05) is 0 Å². The Morgan fingerprint density at radius 2 is 0.617 bits per heavy atom. The molecule has 0 fully saturated rings. The quantitative estimate of drug-likeness (QED) is 0.140.